The predicted molar refractivity (Wildman–Crippen MR) is 80.0 cm³/mol. The Morgan fingerprint density at radius 1 is 1.42 bits per heavy atom. The Morgan fingerprint density at radius 3 is 2.89 bits per heavy atom. The Balaban J connectivity index is 1.71. The first kappa shape index (κ1) is 13.9. The molecule has 19 heavy (non-hydrogen) atoms. The first-order valence-electron chi connectivity index (χ1n) is 7.08. The molecule has 1 aliphatic rings. The lowest BCUT2D eigenvalue weighted by atomic mass is 10.1. The van der Waals surface area contributed by atoms with Crippen LogP contribution in [0.1, 0.15) is 18.9 Å². The Morgan fingerprint density at radius 2 is 2.21 bits per heavy atom. The molecule has 0 saturated carbocycles. The van der Waals surface area contributed by atoms with Gasteiger partial charge >= 0.3 is 0 Å². The van der Waals surface area contributed by atoms with E-state index in [0.717, 1.165) is 13.1 Å². The lowest BCUT2D eigenvalue weighted by Gasteiger charge is -2.14. The van der Waals surface area contributed by atoms with E-state index in [0.29, 0.717) is 18.4 Å². The number of guanidine groups is 1. The lowest BCUT2D eigenvalue weighted by Crippen LogP contribution is -2.36. The number of nitrogens with two attached hydrogens (primary N) is 1. The van der Waals surface area contributed by atoms with Gasteiger partial charge in [-0.05, 0) is 31.0 Å². The van der Waals surface area contributed by atoms with Crippen LogP contribution in [0.2, 0.25) is 0 Å². The third-order valence-corrected chi connectivity index (χ3v) is 3.66. The topological polar surface area (TPSA) is 53.6 Å². The molecule has 1 aromatic rings. The molecule has 0 bridgehead atoms. The van der Waals surface area contributed by atoms with Crippen molar-refractivity contribution in [2.45, 2.75) is 19.9 Å². The summed E-state index contributed by atoms with van der Waals surface area (Å²) in [4.78, 5) is 6.84. The van der Waals surface area contributed by atoms with Crippen molar-refractivity contribution >= 4 is 5.96 Å². The van der Waals surface area contributed by atoms with Crippen molar-refractivity contribution in [3.63, 3.8) is 0 Å². The highest BCUT2D eigenvalue weighted by Gasteiger charge is 2.20. The van der Waals surface area contributed by atoms with Crippen LogP contribution in [0.5, 0.6) is 0 Å². The van der Waals surface area contributed by atoms with Crippen LogP contribution in [0.15, 0.2) is 35.3 Å². The van der Waals surface area contributed by atoms with Crippen LogP contribution in [0, 0.1) is 5.92 Å². The second kappa shape index (κ2) is 7.14. The van der Waals surface area contributed by atoms with Crippen molar-refractivity contribution in [2.24, 2.45) is 16.6 Å². The molecule has 0 radical (unpaired) electrons. The molecule has 0 unspecified atom stereocenters. The molecule has 4 heteroatoms. The number of rotatable bonds is 5. The molecule has 3 N–H and O–H groups in total. The van der Waals surface area contributed by atoms with Crippen molar-refractivity contribution in [1.29, 1.82) is 0 Å². The standard InChI is InChI=1S/C15H24N4/c1-2-19-9-8-14(12-19)11-18-15(16)17-10-13-6-4-3-5-7-13/h3-7,14H,2,8-12H2,1H3,(H3,16,17,18)/t14-/m0/s1. The summed E-state index contributed by atoms with van der Waals surface area (Å²) in [5, 5.41) is 3.24. The molecule has 104 valence electrons. The smallest absolute Gasteiger partial charge is 0.188 e. The molecule has 1 aliphatic heterocycles. The third kappa shape index (κ3) is 4.56. The summed E-state index contributed by atoms with van der Waals surface area (Å²) >= 11 is 0. The Kier molecular flexibility index (Phi) is 5.21. The van der Waals surface area contributed by atoms with Gasteiger partial charge in [0.1, 0.15) is 0 Å². The van der Waals surface area contributed by atoms with Gasteiger partial charge in [0.2, 0.25) is 0 Å². The minimum Gasteiger partial charge on any atom is -0.370 e. The zero-order valence-corrected chi connectivity index (χ0v) is 11.7. The van der Waals surface area contributed by atoms with Crippen molar-refractivity contribution in [2.75, 3.05) is 26.2 Å². The average Bonchev–Trinajstić information content (AvgIpc) is 2.92. The second-order valence-electron chi connectivity index (χ2n) is 5.12. The molecule has 1 fully saturated rings. The largest absolute Gasteiger partial charge is 0.370 e. The summed E-state index contributed by atoms with van der Waals surface area (Å²) in [7, 11) is 0. The molecule has 4 nitrogen and oxygen atoms in total. The van der Waals surface area contributed by atoms with Gasteiger partial charge in [0.15, 0.2) is 5.96 Å². The van der Waals surface area contributed by atoms with Gasteiger partial charge in [0.25, 0.3) is 0 Å². The summed E-state index contributed by atoms with van der Waals surface area (Å²) < 4.78 is 0. The number of hydrogen-bond acceptors (Lipinski definition) is 2. The van der Waals surface area contributed by atoms with Crippen LogP contribution in [0.25, 0.3) is 0 Å². The van der Waals surface area contributed by atoms with Gasteiger partial charge in [-0.2, -0.15) is 0 Å². The van der Waals surface area contributed by atoms with E-state index in [1.165, 1.54) is 25.1 Å². The van der Waals surface area contributed by atoms with Gasteiger partial charge in [0.05, 0.1) is 6.54 Å². The fraction of sp³-hybridized carbons (Fsp3) is 0.533. The van der Waals surface area contributed by atoms with Gasteiger partial charge in [-0.1, -0.05) is 37.3 Å². The maximum Gasteiger partial charge on any atom is 0.188 e. The Labute approximate surface area is 115 Å². The molecular formula is C15H24N4. The predicted octanol–water partition coefficient (Wildman–Crippen LogP) is 1.43. The van der Waals surface area contributed by atoms with Crippen molar-refractivity contribution < 1.29 is 0 Å². The molecule has 0 aromatic heterocycles. The van der Waals surface area contributed by atoms with Crippen molar-refractivity contribution in [1.82, 2.24) is 10.2 Å². The highest BCUT2D eigenvalue weighted by atomic mass is 15.2. The van der Waals surface area contributed by atoms with E-state index in [9.17, 15) is 0 Å². The minimum atomic E-state index is 0.554. The van der Waals surface area contributed by atoms with E-state index in [-0.39, 0.29) is 0 Å². The van der Waals surface area contributed by atoms with Crippen molar-refractivity contribution in [3.05, 3.63) is 35.9 Å². The number of aliphatic imine (C=N–C) groups is 1. The summed E-state index contributed by atoms with van der Waals surface area (Å²) in [6.07, 6.45) is 1.26. The quantitative estimate of drug-likeness (QED) is 0.622. The normalized spacial score (nSPS) is 20.7. The van der Waals surface area contributed by atoms with Gasteiger partial charge in [-0.3, -0.25) is 0 Å². The van der Waals surface area contributed by atoms with E-state index in [4.69, 9.17) is 5.73 Å². The van der Waals surface area contributed by atoms with Crippen LogP contribution in [-0.4, -0.2) is 37.0 Å². The molecule has 0 amide bonds. The zero-order chi connectivity index (χ0) is 13.5. The highest BCUT2D eigenvalue weighted by molar-refractivity contribution is 5.77. The van der Waals surface area contributed by atoms with Crippen LogP contribution < -0.4 is 11.1 Å². The summed E-state index contributed by atoms with van der Waals surface area (Å²) in [6, 6.07) is 10.2. The minimum absolute atomic E-state index is 0.554. The fourth-order valence-electron chi connectivity index (χ4n) is 2.43. The Hall–Kier alpha value is -1.55. The number of nitrogens with zero attached hydrogens (tertiary/aromatic N) is 2. The molecule has 1 aromatic carbocycles. The van der Waals surface area contributed by atoms with Gasteiger partial charge in [-0.25, -0.2) is 4.99 Å². The molecular weight excluding hydrogens is 236 g/mol. The van der Waals surface area contributed by atoms with E-state index in [1.54, 1.807) is 0 Å². The molecule has 0 aliphatic carbocycles. The number of benzene rings is 1. The van der Waals surface area contributed by atoms with Crippen LogP contribution in [-0.2, 0) is 6.54 Å². The first-order valence-corrected chi connectivity index (χ1v) is 7.08. The fourth-order valence-corrected chi connectivity index (χ4v) is 2.43. The van der Waals surface area contributed by atoms with Gasteiger partial charge < -0.3 is 16.0 Å². The van der Waals surface area contributed by atoms with E-state index >= 15 is 0 Å². The van der Waals surface area contributed by atoms with Crippen LogP contribution in [0.3, 0.4) is 0 Å². The van der Waals surface area contributed by atoms with Crippen LogP contribution >= 0.6 is 0 Å². The SMILES string of the molecule is CCN1CC[C@@H](CNC(N)=NCc2ccccc2)C1. The van der Waals surface area contributed by atoms with E-state index in [2.05, 4.69) is 34.3 Å². The van der Waals surface area contributed by atoms with E-state index < -0.39 is 0 Å². The molecule has 1 atom stereocenters. The molecule has 1 heterocycles. The maximum atomic E-state index is 5.89. The summed E-state index contributed by atoms with van der Waals surface area (Å²) in [6.45, 7) is 7.32. The zero-order valence-electron chi connectivity index (χ0n) is 11.7. The maximum absolute atomic E-state index is 5.89. The monoisotopic (exact) mass is 260 g/mol. The van der Waals surface area contributed by atoms with Gasteiger partial charge in [-0.15, -0.1) is 0 Å². The first-order chi connectivity index (χ1) is 9.28. The number of nitrogens with one attached hydrogen (secondary N) is 1. The third-order valence-electron chi connectivity index (χ3n) is 3.66. The average molecular weight is 260 g/mol. The lowest BCUT2D eigenvalue weighted by molar-refractivity contribution is 0.342. The Bertz CT molecular complexity index is 402. The molecule has 1 saturated heterocycles. The number of likely N-dealkylation sites (tertiary alicyclic amines) is 1. The highest BCUT2D eigenvalue weighted by Crippen LogP contribution is 2.14. The summed E-state index contributed by atoms with van der Waals surface area (Å²) in [5.74, 6) is 1.25. The van der Waals surface area contributed by atoms with Crippen LogP contribution in [0.4, 0.5) is 0 Å². The van der Waals surface area contributed by atoms with E-state index in [1.807, 2.05) is 18.2 Å². The summed E-state index contributed by atoms with van der Waals surface area (Å²) in [5.41, 5.74) is 7.08. The molecule has 2 rings (SSSR count). The van der Waals surface area contributed by atoms with Gasteiger partial charge in [0, 0.05) is 13.1 Å². The van der Waals surface area contributed by atoms with Crippen molar-refractivity contribution in [3.8, 4) is 0 Å². The second-order valence-corrected chi connectivity index (χ2v) is 5.12. The number of hydrogen-bond donors (Lipinski definition) is 2. The molecule has 0 spiro atoms.